The molecule has 28 heavy (non-hydrogen) atoms. The molecule has 0 spiro atoms. The average molecular weight is 504 g/mol. The van der Waals surface area contributed by atoms with Gasteiger partial charge >= 0.3 is 0 Å². The van der Waals surface area contributed by atoms with E-state index >= 15 is 0 Å². The van der Waals surface area contributed by atoms with Gasteiger partial charge in [-0.15, -0.1) is 24.0 Å². The number of carbonyl (C=O) groups excluding carboxylic acids is 1. The average Bonchev–Trinajstić information content (AvgIpc) is 2.85. The summed E-state index contributed by atoms with van der Waals surface area (Å²) in [7, 11) is 0. The maximum Gasteiger partial charge on any atom is 0.222 e. The molecule has 158 valence electrons. The summed E-state index contributed by atoms with van der Waals surface area (Å²) in [5, 5.41) is 3.09. The van der Waals surface area contributed by atoms with Gasteiger partial charge in [0.15, 0.2) is 5.96 Å². The van der Waals surface area contributed by atoms with E-state index in [1.165, 1.54) is 0 Å². The molecular formula is C20H33IN4O3. The van der Waals surface area contributed by atoms with E-state index in [9.17, 15) is 4.79 Å². The normalized spacial score (nSPS) is 14.9. The molecule has 1 fully saturated rings. The molecule has 0 atom stereocenters. The Morgan fingerprint density at radius 2 is 2.00 bits per heavy atom. The minimum Gasteiger partial charge on any atom is -0.494 e. The van der Waals surface area contributed by atoms with Crippen molar-refractivity contribution in [3.8, 4) is 11.5 Å². The molecule has 0 unspecified atom stereocenters. The van der Waals surface area contributed by atoms with Gasteiger partial charge in [0.25, 0.3) is 0 Å². The van der Waals surface area contributed by atoms with Crippen LogP contribution in [0.5, 0.6) is 11.5 Å². The number of likely N-dealkylation sites (tertiary alicyclic amines) is 1. The summed E-state index contributed by atoms with van der Waals surface area (Å²) in [6, 6.07) is 5.58. The van der Waals surface area contributed by atoms with Crippen molar-refractivity contribution in [1.82, 2.24) is 4.90 Å². The van der Waals surface area contributed by atoms with E-state index in [2.05, 4.69) is 10.3 Å². The standard InChI is InChI=1S/C20H32N4O3.HI/c1-3-26-16-10-11-18(27-4-2)17(15-16)23-20(21)22-12-8-14-24-13-7-5-6-9-19(24)25;/h10-11,15H,3-9,12-14H2,1-2H3,(H3,21,22,23);1H. The predicted octanol–water partition coefficient (Wildman–Crippen LogP) is 3.62. The van der Waals surface area contributed by atoms with E-state index in [0.29, 0.717) is 37.9 Å². The summed E-state index contributed by atoms with van der Waals surface area (Å²) in [6.07, 6.45) is 4.71. The number of hydrogen-bond donors (Lipinski definition) is 2. The molecule has 1 amide bonds. The van der Waals surface area contributed by atoms with Gasteiger partial charge in [0.1, 0.15) is 11.5 Å². The number of nitrogens with two attached hydrogens (primary N) is 1. The second-order valence-electron chi connectivity index (χ2n) is 6.46. The molecule has 1 saturated heterocycles. The van der Waals surface area contributed by atoms with Crippen LogP contribution in [0.1, 0.15) is 46.0 Å². The van der Waals surface area contributed by atoms with E-state index in [-0.39, 0.29) is 29.9 Å². The van der Waals surface area contributed by atoms with Crippen LogP contribution in [0.2, 0.25) is 0 Å². The van der Waals surface area contributed by atoms with Gasteiger partial charge < -0.3 is 25.4 Å². The van der Waals surface area contributed by atoms with Crippen LogP contribution in [0, 0.1) is 0 Å². The van der Waals surface area contributed by atoms with Gasteiger partial charge in [-0.3, -0.25) is 9.79 Å². The third-order valence-electron chi connectivity index (χ3n) is 4.36. The Balaban J connectivity index is 0.00000392. The maximum atomic E-state index is 12.0. The number of nitrogens with zero attached hydrogens (tertiary/aromatic N) is 2. The number of amides is 1. The number of halogens is 1. The molecule has 0 radical (unpaired) electrons. The highest BCUT2D eigenvalue weighted by molar-refractivity contribution is 14.0. The van der Waals surface area contributed by atoms with Crippen LogP contribution in [-0.4, -0.2) is 49.6 Å². The zero-order chi connectivity index (χ0) is 19.5. The molecule has 3 N–H and O–H groups in total. The lowest BCUT2D eigenvalue weighted by Crippen LogP contribution is -2.31. The van der Waals surface area contributed by atoms with E-state index < -0.39 is 0 Å². The summed E-state index contributed by atoms with van der Waals surface area (Å²) >= 11 is 0. The van der Waals surface area contributed by atoms with Crippen molar-refractivity contribution >= 4 is 41.5 Å². The number of benzene rings is 1. The predicted molar refractivity (Wildman–Crippen MR) is 124 cm³/mol. The van der Waals surface area contributed by atoms with Crippen LogP contribution < -0.4 is 20.5 Å². The molecule has 1 heterocycles. The molecule has 2 rings (SSSR count). The van der Waals surface area contributed by atoms with Gasteiger partial charge in [-0.2, -0.15) is 0 Å². The minimum atomic E-state index is 0. The van der Waals surface area contributed by atoms with Crippen molar-refractivity contribution in [2.24, 2.45) is 10.7 Å². The Kier molecular flexibility index (Phi) is 11.7. The Morgan fingerprint density at radius 3 is 2.75 bits per heavy atom. The van der Waals surface area contributed by atoms with Crippen molar-refractivity contribution < 1.29 is 14.3 Å². The van der Waals surface area contributed by atoms with Gasteiger partial charge in [0.05, 0.1) is 18.9 Å². The zero-order valence-corrected chi connectivity index (χ0v) is 19.2. The van der Waals surface area contributed by atoms with Gasteiger partial charge in [-0.1, -0.05) is 6.42 Å². The lowest BCUT2D eigenvalue weighted by Gasteiger charge is -2.19. The van der Waals surface area contributed by atoms with Crippen molar-refractivity contribution in [3.05, 3.63) is 18.2 Å². The fourth-order valence-electron chi connectivity index (χ4n) is 3.06. The fraction of sp³-hybridized carbons (Fsp3) is 0.600. The van der Waals surface area contributed by atoms with Crippen molar-refractivity contribution in [2.75, 3.05) is 38.2 Å². The summed E-state index contributed by atoms with van der Waals surface area (Å²) < 4.78 is 11.2. The second kappa shape index (κ2) is 13.5. The first-order valence-corrected chi connectivity index (χ1v) is 9.88. The van der Waals surface area contributed by atoms with Gasteiger partial charge in [-0.25, -0.2) is 0 Å². The molecular weight excluding hydrogens is 471 g/mol. The molecule has 0 aliphatic carbocycles. The smallest absolute Gasteiger partial charge is 0.222 e. The fourth-order valence-corrected chi connectivity index (χ4v) is 3.06. The second-order valence-corrected chi connectivity index (χ2v) is 6.46. The maximum absolute atomic E-state index is 12.0. The molecule has 0 saturated carbocycles. The summed E-state index contributed by atoms with van der Waals surface area (Å²) in [6.45, 7) is 7.18. The highest BCUT2D eigenvalue weighted by Gasteiger charge is 2.15. The van der Waals surface area contributed by atoms with Crippen LogP contribution >= 0.6 is 24.0 Å². The van der Waals surface area contributed by atoms with E-state index in [1.54, 1.807) is 0 Å². The first-order valence-electron chi connectivity index (χ1n) is 9.88. The van der Waals surface area contributed by atoms with E-state index in [1.807, 2.05) is 36.9 Å². The molecule has 0 bridgehead atoms. The topological polar surface area (TPSA) is 89.2 Å². The molecule has 1 aromatic rings. The number of aliphatic imine (C=N–C) groups is 1. The number of guanidine groups is 1. The van der Waals surface area contributed by atoms with Crippen LogP contribution in [0.15, 0.2) is 23.2 Å². The Hall–Kier alpha value is -1.71. The number of ether oxygens (including phenoxy) is 2. The Labute approximate surface area is 185 Å². The number of rotatable bonds is 9. The third-order valence-corrected chi connectivity index (χ3v) is 4.36. The molecule has 7 nitrogen and oxygen atoms in total. The lowest BCUT2D eigenvalue weighted by atomic mass is 10.2. The monoisotopic (exact) mass is 504 g/mol. The summed E-state index contributed by atoms with van der Waals surface area (Å²) in [5.41, 5.74) is 6.76. The third kappa shape index (κ3) is 8.12. The molecule has 1 aliphatic rings. The lowest BCUT2D eigenvalue weighted by molar-refractivity contribution is -0.130. The van der Waals surface area contributed by atoms with E-state index in [0.717, 1.165) is 50.2 Å². The number of nitrogens with one attached hydrogen (secondary N) is 1. The van der Waals surface area contributed by atoms with Crippen LogP contribution in [-0.2, 0) is 4.79 Å². The Bertz CT molecular complexity index is 640. The van der Waals surface area contributed by atoms with Crippen LogP contribution in [0.25, 0.3) is 0 Å². The first-order chi connectivity index (χ1) is 13.1. The number of carbonyl (C=O) groups is 1. The van der Waals surface area contributed by atoms with Crippen molar-refractivity contribution in [2.45, 2.75) is 46.0 Å². The van der Waals surface area contributed by atoms with Crippen molar-refractivity contribution in [1.29, 1.82) is 0 Å². The van der Waals surface area contributed by atoms with Gasteiger partial charge in [-0.05, 0) is 45.2 Å². The summed E-state index contributed by atoms with van der Waals surface area (Å²) in [5.74, 6) is 2.04. The molecule has 8 heteroatoms. The number of hydrogen-bond acceptors (Lipinski definition) is 4. The minimum absolute atomic E-state index is 0. The van der Waals surface area contributed by atoms with Gasteiger partial charge in [0.2, 0.25) is 5.91 Å². The molecule has 1 aliphatic heterocycles. The van der Waals surface area contributed by atoms with Crippen molar-refractivity contribution in [3.63, 3.8) is 0 Å². The molecule has 1 aromatic carbocycles. The highest BCUT2D eigenvalue weighted by Crippen LogP contribution is 2.29. The Morgan fingerprint density at radius 1 is 1.21 bits per heavy atom. The highest BCUT2D eigenvalue weighted by atomic mass is 127. The molecule has 0 aromatic heterocycles. The van der Waals surface area contributed by atoms with E-state index in [4.69, 9.17) is 15.2 Å². The quantitative estimate of drug-likeness (QED) is 0.232. The SMILES string of the molecule is CCOc1ccc(OCC)c(NC(N)=NCCCN2CCCCCC2=O)c1.I. The van der Waals surface area contributed by atoms with Gasteiger partial charge in [0, 0.05) is 32.1 Å². The van der Waals surface area contributed by atoms with Crippen LogP contribution in [0.4, 0.5) is 5.69 Å². The largest absolute Gasteiger partial charge is 0.494 e. The summed E-state index contributed by atoms with van der Waals surface area (Å²) in [4.78, 5) is 18.3. The first kappa shape index (κ1) is 24.3. The zero-order valence-electron chi connectivity index (χ0n) is 16.9. The number of anilines is 1. The van der Waals surface area contributed by atoms with Crippen LogP contribution in [0.3, 0.4) is 0 Å².